The zero-order valence-electron chi connectivity index (χ0n) is 10.9. The molecular formula is C12H12FN3O4S. The molecule has 0 atom stereocenters. The fraction of sp³-hybridized carbons (Fsp3) is 0.167. The first kappa shape index (κ1) is 15.0. The van der Waals surface area contributed by atoms with E-state index in [9.17, 15) is 17.6 Å². The third kappa shape index (κ3) is 3.19. The molecule has 0 unspecified atom stereocenters. The van der Waals surface area contributed by atoms with Gasteiger partial charge in [0.15, 0.2) is 0 Å². The van der Waals surface area contributed by atoms with Crippen LogP contribution in [0.15, 0.2) is 35.5 Å². The summed E-state index contributed by atoms with van der Waals surface area (Å²) in [5.41, 5.74) is -0.134. The second kappa shape index (κ2) is 5.52. The molecule has 0 aromatic carbocycles. The normalized spacial score (nSPS) is 11.3. The van der Waals surface area contributed by atoms with Crippen LogP contribution in [0.2, 0.25) is 0 Å². The van der Waals surface area contributed by atoms with Gasteiger partial charge in [0.05, 0.1) is 6.20 Å². The molecule has 112 valence electrons. The molecule has 2 N–H and O–H groups in total. The minimum absolute atomic E-state index is 0.0578. The summed E-state index contributed by atoms with van der Waals surface area (Å²) < 4.78 is 40.5. The second-order valence-electron chi connectivity index (χ2n) is 4.12. The maximum Gasteiger partial charge on any atom is 0.352 e. The van der Waals surface area contributed by atoms with Gasteiger partial charge in [0.25, 0.3) is 10.0 Å². The molecule has 0 saturated heterocycles. The molecule has 0 aliphatic heterocycles. The van der Waals surface area contributed by atoms with Crippen LogP contribution in [0.5, 0.6) is 0 Å². The molecule has 0 aliphatic rings. The number of anilines is 1. The van der Waals surface area contributed by atoms with E-state index >= 15 is 0 Å². The van der Waals surface area contributed by atoms with Crippen LogP contribution in [0.1, 0.15) is 17.4 Å². The number of hydrogen-bond donors (Lipinski definition) is 2. The molecule has 7 nitrogen and oxygen atoms in total. The van der Waals surface area contributed by atoms with Gasteiger partial charge >= 0.3 is 5.97 Å². The van der Waals surface area contributed by atoms with E-state index < -0.39 is 21.8 Å². The number of carboxylic acid groups (broad SMARTS) is 1. The molecule has 0 amide bonds. The smallest absolute Gasteiger partial charge is 0.352 e. The summed E-state index contributed by atoms with van der Waals surface area (Å²) >= 11 is 0. The van der Waals surface area contributed by atoms with Crippen molar-refractivity contribution in [3.05, 3.63) is 42.1 Å². The van der Waals surface area contributed by atoms with Gasteiger partial charge in [-0.05, 0) is 25.1 Å². The van der Waals surface area contributed by atoms with Crippen molar-refractivity contribution in [2.75, 3.05) is 4.72 Å². The summed E-state index contributed by atoms with van der Waals surface area (Å²) in [7, 11) is -3.99. The van der Waals surface area contributed by atoms with E-state index in [1.54, 1.807) is 6.92 Å². The Hall–Kier alpha value is -2.42. The van der Waals surface area contributed by atoms with Crippen molar-refractivity contribution in [1.82, 2.24) is 9.55 Å². The van der Waals surface area contributed by atoms with Crippen LogP contribution < -0.4 is 4.72 Å². The van der Waals surface area contributed by atoms with Gasteiger partial charge in [-0.1, -0.05) is 0 Å². The topological polar surface area (TPSA) is 101 Å². The Morgan fingerprint density at radius 3 is 2.67 bits per heavy atom. The van der Waals surface area contributed by atoms with Crippen molar-refractivity contribution in [3.63, 3.8) is 0 Å². The first-order valence-electron chi connectivity index (χ1n) is 5.91. The predicted octanol–water partition coefficient (Wildman–Crippen LogP) is 1.54. The maximum atomic E-state index is 12.7. The van der Waals surface area contributed by atoms with Crippen molar-refractivity contribution in [2.24, 2.45) is 0 Å². The molecule has 2 heterocycles. The number of rotatable bonds is 5. The number of carbonyl (C=O) groups is 1. The van der Waals surface area contributed by atoms with Gasteiger partial charge in [0, 0.05) is 12.7 Å². The summed E-state index contributed by atoms with van der Waals surface area (Å²) in [5, 5.41) is 9.01. The van der Waals surface area contributed by atoms with E-state index in [0.29, 0.717) is 6.54 Å². The highest BCUT2D eigenvalue weighted by Gasteiger charge is 2.21. The van der Waals surface area contributed by atoms with E-state index in [1.807, 2.05) is 0 Å². The Morgan fingerprint density at radius 2 is 2.19 bits per heavy atom. The molecule has 9 heteroatoms. The van der Waals surface area contributed by atoms with Gasteiger partial charge in [-0.3, -0.25) is 4.72 Å². The van der Waals surface area contributed by atoms with Gasteiger partial charge in [-0.2, -0.15) is 0 Å². The number of aromatic carboxylic acids is 1. The Labute approximate surface area is 120 Å². The summed E-state index contributed by atoms with van der Waals surface area (Å²) in [6, 6.07) is 3.28. The zero-order chi connectivity index (χ0) is 15.6. The summed E-state index contributed by atoms with van der Waals surface area (Å²) in [5.74, 6) is -1.88. The standard InChI is InChI=1S/C12H12FN3O4S/c1-2-16-7-9(5-10(16)12(17)18)21(19,20)15-11-4-3-8(13)6-14-11/h3-7H,2H2,1H3,(H,14,15)(H,17,18). The summed E-state index contributed by atoms with van der Waals surface area (Å²) in [4.78, 5) is 14.4. The van der Waals surface area contributed by atoms with E-state index in [0.717, 1.165) is 18.3 Å². The Balaban J connectivity index is 2.35. The quantitative estimate of drug-likeness (QED) is 0.872. The van der Waals surface area contributed by atoms with E-state index in [4.69, 9.17) is 5.11 Å². The van der Waals surface area contributed by atoms with Crippen LogP contribution in [0.3, 0.4) is 0 Å². The average Bonchev–Trinajstić information content (AvgIpc) is 2.86. The van der Waals surface area contributed by atoms with E-state index in [-0.39, 0.29) is 16.4 Å². The van der Waals surface area contributed by atoms with E-state index in [2.05, 4.69) is 9.71 Å². The molecule has 0 spiro atoms. The number of aromatic nitrogens is 2. The van der Waals surface area contributed by atoms with Crippen molar-refractivity contribution in [1.29, 1.82) is 0 Å². The summed E-state index contributed by atoms with van der Waals surface area (Å²) in [6.07, 6.45) is 2.09. The van der Waals surface area contributed by atoms with Gasteiger partial charge in [-0.25, -0.2) is 22.6 Å². The van der Waals surface area contributed by atoms with Crippen LogP contribution in [-0.2, 0) is 16.6 Å². The fourth-order valence-electron chi connectivity index (χ4n) is 1.70. The van der Waals surface area contributed by atoms with Gasteiger partial charge < -0.3 is 9.67 Å². The third-order valence-corrected chi connectivity index (χ3v) is 4.03. The van der Waals surface area contributed by atoms with Gasteiger partial charge in [0.1, 0.15) is 22.2 Å². The molecule has 0 radical (unpaired) electrons. The molecule has 0 aliphatic carbocycles. The number of pyridine rings is 1. The fourth-order valence-corrected chi connectivity index (χ4v) is 2.75. The molecule has 2 aromatic rings. The highest BCUT2D eigenvalue weighted by molar-refractivity contribution is 7.92. The zero-order valence-corrected chi connectivity index (χ0v) is 11.8. The highest BCUT2D eigenvalue weighted by atomic mass is 32.2. The SMILES string of the molecule is CCn1cc(S(=O)(=O)Nc2ccc(F)cn2)cc1C(=O)O. The second-order valence-corrected chi connectivity index (χ2v) is 5.80. The van der Waals surface area contributed by atoms with Crippen LogP contribution in [0.4, 0.5) is 10.2 Å². The number of nitrogens with one attached hydrogen (secondary N) is 1. The highest BCUT2D eigenvalue weighted by Crippen LogP contribution is 2.18. The molecule has 0 fully saturated rings. The van der Waals surface area contributed by atoms with Crippen LogP contribution in [0, 0.1) is 5.82 Å². The minimum atomic E-state index is -3.99. The molecular weight excluding hydrogens is 301 g/mol. The number of sulfonamides is 1. The number of halogens is 1. The first-order chi connectivity index (χ1) is 9.83. The lowest BCUT2D eigenvalue weighted by molar-refractivity contribution is 0.0685. The summed E-state index contributed by atoms with van der Waals surface area (Å²) in [6.45, 7) is 2.00. The lowest BCUT2D eigenvalue weighted by Gasteiger charge is -2.05. The van der Waals surface area contributed by atoms with Gasteiger partial charge in [0.2, 0.25) is 0 Å². The van der Waals surface area contributed by atoms with Crippen LogP contribution in [0.25, 0.3) is 0 Å². The first-order valence-corrected chi connectivity index (χ1v) is 7.39. The molecule has 0 bridgehead atoms. The Kier molecular flexibility index (Phi) is 3.94. The number of hydrogen-bond acceptors (Lipinski definition) is 4. The lowest BCUT2D eigenvalue weighted by Crippen LogP contribution is -2.13. The lowest BCUT2D eigenvalue weighted by atomic mass is 10.4. The monoisotopic (exact) mass is 313 g/mol. The largest absolute Gasteiger partial charge is 0.477 e. The minimum Gasteiger partial charge on any atom is -0.477 e. The molecule has 2 aromatic heterocycles. The average molecular weight is 313 g/mol. The van der Waals surface area contributed by atoms with Gasteiger partial charge in [-0.15, -0.1) is 0 Å². The van der Waals surface area contributed by atoms with Crippen molar-refractivity contribution in [3.8, 4) is 0 Å². The Bertz CT molecular complexity index is 768. The van der Waals surface area contributed by atoms with Crippen LogP contribution in [-0.4, -0.2) is 29.0 Å². The number of carboxylic acids is 1. The number of aryl methyl sites for hydroxylation is 1. The Morgan fingerprint density at radius 1 is 1.48 bits per heavy atom. The molecule has 2 rings (SSSR count). The maximum absolute atomic E-state index is 12.7. The number of nitrogens with zero attached hydrogens (tertiary/aromatic N) is 2. The van der Waals surface area contributed by atoms with Crippen molar-refractivity contribution in [2.45, 2.75) is 18.4 Å². The third-order valence-electron chi connectivity index (χ3n) is 2.71. The molecule has 0 saturated carbocycles. The predicted molar refractivity (Wildman–Crippen MR) is 72.1 cm³/mol. The van der Waals surface area contributed by atoms with Crippen LogP contribution >= 0.6 is 0 Å². The molecule has 21 heavy (non-hydrogen) atoms. The van der Waals surface area contributed by atoms with E-state index in [1.165, 1.54) is 16.8 Å². The van der Waals surface area contributed by atoms with Crippen molar-refractivity contribution >= 4 is 21.8 Å². The van der Waals surface area contributed by atoms with Crippen molar-refractivity contribution < 1.29 is 22.7 Å².